The SMILES string of the molecule is COC(=O)c1cc(N)c(NS(C)(=O)=O)c(CO)c1. The summed E-state index contributed by atoms with van der Waals surface area (Å²) < 4.78 is 29.0. The van der Waals surface area contributed by atoms with E-state index in [2.05, 4.69) is 9.46 Å². The summed E-state index contributed by atoms with van der Waals surface area (Å²) in [7, 11) is -2.32. The van der Waals surface area contributed by atoms with Gasteiger partial charge in [0.05, 0.1) is 36.9 Å². The fourth-order valence-corrected chi connectivity index (χ4v) is 2.02. The maximum atomic E-state index is 11.3. The van der Waals surface area contributed by atoms with Crippen LogP contribution in [0.4, 0.5) is 11.4 Å². The van der Waals surface area contributed by atoms with Crippen molar-refractivity contribution in [3.63, 3.8) is 0 Å². The van der Waals surface area contributed by atoms with Crippen LogP contribution in [0.25, 0.3) is 0 Å². The predicted molar refractivity (Wildman–Crippen MR) is 66.6 cm³/mol. The van der Waals surface area contributed by atoms with Crippen molar-refractivity contribution in [2.24, 2.45) is 0 Å². The quantitative estimate of drug-likeness (QED) is 0.522. The molecule has 0 saturated heterocycles. The van der Waals surface area contributed by atoms with Crippen LogP contribution in [0, 0.1) is 0 Å². The molecule has 0 heterocycles. The van der Waals surface area contributed by atoms with Crippen molar-refractivity contribution in [1.82, 2.24) is 0 Å². The van der Waals surface area contributed by atoms with Crippen LogP contribution >= 0.6 is 0 Å². The van der Waals surface area contributed by atoms with Gasteiger partial charge in [0.2, 0.25) is 10.0 Å². The number of nitrogen functional groups attached to an aromatic ring is 1. The van der Waals surface area contributed by atoms with E-state index in [0.717, 1.165) is 6.26 Å². The Hall–Kier alpha value is -1.80. The van der Waals surface area contributed by atoms with Crippen molar-refractivity contribution in [3.05, 3.63) is 23.3 Å². The number of sulfonamides is 1. The Morgan fingerprint density at radius 3 is 2.56 bits per heavy atom. The van der Waals surface area contributed by atoms with Gasteiger partial charge < -0.3 is 15.6 Å². The van der Waals surface area contributed by atoms with Gasteiger partial charge in [0, 0.05) is 5.56 Å². The Balaban J connectivity index is 3.33. The third-order valence-electron chi connectivity index (χ3n) is 2.13. The molecular formula is C10H14N2O5S. The first-order valence-corrected chi connectivity index (χ1v) is 6.77. The molecule has 0 atom stereocenters. The van der Waals surface area contributed by atoms with Gasteiger partial charge in [-0.1, -0.05) is 0 Å². The summed E-state index contributed by atoms with van der Waals surface area (Å²) in [4.78, 5) is 11.3. The van der Waals surface area contributed by atoms with Crippen molar-refractivity contribution < 1.29 is 23.1 Å². The van der Waals surface area contributed by atoms with Gasteiger partial charge in [-0.2, -0.15) is 0 Å². The second-order valence-electron chi connectivity index (χ2n) is 3.62. The topological polar surface area (TPSA) is 119 Å². The third kappa shape index (κ3) is 3.34. The second kappa shape index (κ2) is 5.23. The third-order valence-corrected chi connectivity index (χ3v) is 2.70. The molecule has 1 aromatic rings. The zero-order valence-electron chi connectivity index (χ0n) is 9.93. The zero-order valence-corrected chi connectivity index (χ0v) is 10.7. The summed E-state index contributed by atoms with van der Waals surface area (Å²) in [6.07, 6.45) is 0.960. The first-order chi connectivity index (χ1) is 8.28. The molecule has 0 radical (unpaired) electrons. The minimum atomic E-state index is -3.53. The van der Waals surface area contributed by atoms with Crippen molar-refractivity contribution in [3.8, 4) is 0 Å². The maximum Gasteiger partial charge on any atom is 0.337 e. The summed E-state index contributed by atoms with van der Waals surface area (Å²) in [5, 5.41) is 9.18. The number of hydrogen-bond donors (Lipinski definition) is 3. The molecule has 0 aliphatic heterocycles. The molecule has 0 saturated carbocycles. The fraction of sp³-hybridized carbons (Fsp3) is 0.300. The van der Waals surface area contributed by atoms with Gasteiger partial charge in [-0.25, -0.2) is 13.2 Å². The van der Waals surface area contributed by atoms with E-state index >= 15 is 0 Å². The van der Waals surface area contributed by atoms with Crippen molar-refractivity contribution in [2.75, 3.05) is 23.8 Å². The van der Waals surface area contributed by atoms with Gasteiger partial charge in [-0.15, -0.1) is 0 Å². The minimum Gasteiger partial charge on any atom is -0.465 e. The summed E-state index contributed by atoms with van der Waals surface area (Å²) in [6, 6.07) is 2.59. The van der Waals surface area contributed by atoms with E-state index in [1.165, 1.54) is 19.2 Å². The molecule has 1 aromatic carbocycles. The lowest BCUT2D eigenvalue weighted by atomic mass is 10.1. The number of carbonyl (C=O) groups excluding carboxylic acids is 1. The van der Waals surface area contributed by atoms with Crippen molar-refractivity contribution >= 4 is 27.4 Å². The molecule has 1 rings (SSSR count). The van der Waals surface area contributed by atoms with Crippen LogP contribution in [0.5, 0.6) is 0 Å². The maximum absolute atomic E-state index is 11.3. The molecule has 0 unspecified atom stereocenters. The second-order valence-corrected chi connectivity index (χ2v) is 5.37. The largest absolute Gasteiger partial charge is 0.465 e. The molecule has 0 fully saturated rings. The molecule has 0 amide bonds. The van der Waals surface area contributed by atoms with E-state index in [1.807, 2.05) is 0 Å². The van der Waals surface area contributed by atoms with E-state index in [0.29, 0.717) is 0 Å². The highest BCUT2D eigenvalue weighted by atomic mass is 32.2. The van der Waals surface area contributed by atoms with Gasteiger partial charge in [0.1, 0.15) is 0 Å². The van der Waals surface area contributed by atoms with Crippen LogP contribution < -0.4 is 10.5 Å². The number of hydrogen-bond acceptors (Lipinski definition) is 6. The summed E-state index contributed by atoms with van der Waals surface area (Å²) in [6.45, 7) is -0.465. The first-order valence-electron chi connectivity index (χ1n) is 4.88. The predicted octanol–water partition coefficient (Wildman–Crippen LogP) is -0.0808. The highest BCUT2D eigenvalue weighted by Crippen LogP contribution is 2.27. The van der Waals surface area contributed by atoms with Gasteiger partial charge in [0.15, 0.2) is 0 Å². The Morgan fingerprint density at radius 1 is 1.50 bits per heavy atom. The molecule has 0 aromatic heterocycles. The smallest absolute Gasteiger partial charge is 0.337 e. The number of rotatable bonds is 4. The summed E-state index contributed by atoms with van der Waals surface area (Å²) in [5.74, 6) is -0.623. The van der Waals surface area contributed by atoms with Crippen LogP contribution in [-0.4, -0.2) is 32.9 Å². The van der Waals surface area contributed by atoms with E-state index in [4.69, 9.17) is 5.73 Å². The molecule has 7 nitrogen and oxygen atoms in total. The lowest BCUT2D eigenvalue weighted by Gasteiger charge is -2.13. The Bertz CT molecular complexity index is 568. The number of aliphatic hydroxyl groups excluding tert-OH is 1. The lowest BCUT2D eigenvalue weighted by molar-refractivity contribution is 0.0600. The number of esters is 1. The van der Waals surface area contributed by atoms with Crippen molar-refractivity contribution in [1.29, 1.82) is 0 Å². The number of methoxy groups -OCH3 is 1. The highest BCUT2D eigenvalue weighted by molar-refractivity contribution is 7.92. The number of ether oxygens (including phenoxy) is 1. The van der Waals surface area contributed by atoms with E-state index in [1.54, 1.807) is 0 Å². The number of anilines is 2. The fourth-order valence-electron chi connectivity index (χ4n) is 1.40. The van der Waals surface area contributed by atoms with E-state index in [9.17, 15) is 18.3 Å². The molecule has 0 aliphatic carbocycles. The number of benzene rings is 1. The molecule has 8 heteroatoms. The number of nitrogens with two attached hydrogens (primary N) is 1. The molecule has 0 aliphatic rings. The first kappa shape index (κ1) is 14.3. The zero-order chi connectivity index (χ0) is 13.9. The average Bonchev–Trinajstić information content (AvgIpc) is 2.28. The molecular weight excluding hydrogens is 260 g/mol. The Morgan fingerprint density at radius 2 is 2.11 bits per heavy atom. The van der Waals surface area contributed by atoms with Crippen LogP contribution in [0.2, 0.25) is 0 Å². The van der Waals surface area contributed by atoms with E-state index in [-0.39, 0.29) is 22.5 Å². The summed E-state index contributed by atoms with van der Waals surface area (Å²) >= 11 is 0. The van der Waals surface area contributed by atoms with Gasteiger partial charge in [0.25, 0.3) is 0 Å². The Labute approximate surface area is 105 Å². The monoisotopic (exact) mass is 274 g/mol. The molecule has 0 spiro atoms. The van der Waals surface area contributed by atoms with Crippen LogP contribution in [0.3, 0.4) is 0 Å². The summed E-state index contributed by atoms with van der Waals surface area (Å²) in [5.41, 5.74) is 6.08. The Kier molecular flexibility index (Phi) is 4.15. The minimum absolute atomic E-state index is 0.0346. The lowest BCUT2D eigenvalue weighted by Crippen LogP contribution is -2.14. The standard InChI is InChI=1S/C10H14N2O5S/c1-17-10(14)6-3-7(5-13)9(8(11)4-6)12-18(2,15)16/h3-4,12-13H,5,11H2,1-2H3. The number of carbonyl (C=O) groups is 1. The number of aliphatic hydroxyl groups is 1. The van der Waals surface area contributed by atoms with Crippen LogP contribution in [-0.2, 0) is 21.4 Å². The van der Waals surface area contributed by atoms with Gasteiger partial charge >= 0.3 is 5.97 Å². The average molecular weight is 274 g/mol. The van der Waals surface area contributed by atoms with Gasteiger partial charge in [-0.05, 0) is 12.1 Å². The highest BCUT2D eigenvalue weighted by Gasteiger charge is 2.15. The van der Waals surface area contributed by atoms with Crippen molar-refractivity contribution in [2.45, 2.75) is 6.61 Å². The van der Waals surface area contributed by atoms with Gasteiger partial charge in [-0.3, -0.25) is 4.72 Å². The molecule has 0 bridgehead atoms. The molecule has 4 N–H and O–H groups in total. The van der Waals surface area contributed by atoms with E-state index < -0.39 is 22.6 Å². The number of nitrogens with one attached hydrogen (secondary N) is 1. The van der Waals surface area contributed by atoms with Crippen LogP contribution in [0.1, 0.15) is 15.9 Å². The van der Waals surface area contributed by atoms with Crippen LogP contribution in [0.15, 0.2) is 12.1 Å². The normalized spacial score (nSPS) is 11.1. The molecule has 18 heavy (non-hydrogen) atoms. The molecule has 100 valence electrons.